The standard InChI is InChI=1S/C16H18ClN3O3/c1-23-16(22)11-8-20(9-2-3-9)14-7-12(17)13(19-5-4-18)6-10(14)15(11)21/h6-9,19H,2-5,18H2,1H3. The van der Waals surface area contributed by atoms with Gasteiger partial charge in [0, 0.05) is 30.7 Å². The second-order valence-corrected chi connectivity index (χ2v) is 5.97. The van der Waals surface area contributed by atoms with Gasteiger partial charge in [-0.1, -0.05) is 11.6 Å². The number of fused-ring (bicyclic) bond motifs is 1. The second-order valence-electron chi connectivity index (χ2n) is 5.57. The van der Waals surface area contributed by atoms with Gasteiger partial charge in [0.2, 0.25) is 5.43 Å². The minimum Gasteiger partial charge on any atom is -0.465 e. The fourth-order valence-corrected chi connectivity index (χ4v) is 2.85. The van der Waals surface area contributed by atoms with Crippen LogP contribution in [-0.2, 0) is 4.74 Å². The number of carbonyl (C=O) groups excluding carboxylic acids is 1. The monoisotopic (exact) mass is 335 g/mol. The van der Waals surface area contributed by atoms with E-state index in [2.05, 4.69) is 5.32 Å². The summed E-state index contributed by atoms with van der Waals surface area (Å²) in [6, 6.07) is 3.73. The average molecular weight is 336 g/mol. The summed E-state index contributed by atoms with van der Waals surface area (Å²) < 4.78 is 6.68. The van der Waals surface area contributed by atoms with Gasteiger partial charge in [0.05, 0.1) is 23.3 Å². The molecule has 1 heterocycles. The van der Waals surface area contributed by atoms with E-state index in [4.69, 9.17) is 22.1 Å². The molecule has 7 heteroatoms. The van der Waals surface area contributed by atoms with Crippen LogP contribution in [0.25, 0.3) is 10.9 Å². The first-order chi connectivity index (χ1) is 11.1. The van der Waals surface area contributed by atoms with E-state index in [1.54, 1.807) is 18.3 Å². The van der Waals surface area contributed by atoms with Crippen molar-refractivity contribution in [2.75, 3.05) is 25.5 Å². The van der Waals surface area contributed by atoms with Gasteiger partial charge in [-0.2, -0.15) is 0 Å². The van der Waals surface area contributed by atoms with Crippen LogP contribution in [0.5, 0.6) is 0 Å². The van der Waals surface area contributed by atoms with Gasteiger partial charge >= 0.3 is 5.97 Å². The first-order valence-electron chi connectivity index (χ1n) is 7.47. The lowest BCUT2D eigenvalue weighted by atomic mass is 10.1. The van der Waals surface area contributed by atoms with Crippen LogP contribution in [0.15, 0.2) is 23.1 Å². The summed E-state index contributed by atoms with van der Waals surface area (Å²) in [7, 11) is 1.27. The van der Waals surface area contributed by atoms with E-state index in [9.17, 15) is 9.59 Å². The molecule has 6 nitrogen and oxygen atoms in total. The molecule has 122 valence electrons. The fraction of sp³-hybridized carbons (Fsp3) is 0.375. The molecule has 0 atom stereocenters. The Bertz CT molecular complexity index is 827. The third-order valence-corrected chi connectivity index (χ3v) is 4.24. The molecule has 0 aliphatic heterocycles. The van der Waals surface area contributed by atoms with Crippen molar-refractivity contribution in [1.29, 1.82) is 0 Å². The Kier molecular flexibility index (Phi) is 4.28. The zero-order valence-electron chi connectivity index (χ0n) is 12.8. The predicted octanol–water partition coefficient (Wildman–Crippen LogP) is 2.15. The van der Waals surface area contributed by atoms with Crippen LogP contribution < -0.4 is 16.5 Å². The summed E-state index contributed by atoms with van der Waals surface area (Å²) in [5.41, 5.74) is 6.54. The molecule has 3 N–H and O–H groups in total. The van der Waals surface area contributed by atoms with Crippen molar-refractivity contribution < 1.29 is 9.53 Å². The maximum Gasteiger partial charge on any atom is 0.343 e. The SMILES string of the molecule is COC(=O)c1cn(C2CC2)c2cc(Cl)c(NCCN)cc2c1=O. The molecule has 2 aromatic rings. The lowest BCUT2D eigenvalue weighted by Gasteiger charge is -2.15. The normalized spacial score (nSPS) is 14.0. The van der Waals surface area contributed by atoms with Crippen LogP contribution >= 0.6 is 11.6 Å². The van der Waals surface area contributed by atoms with Crippen LogP contribution in [-0.4, -0.2) is 30.7 Å². The number of methoxy groups -OCH3 is 1. The first-order valence-corrected chi connectivity index (χ1v) is 7.85. The number of hydrogen-bond donors (Lipinski definition) is 2. The molecule has 0 radical (unpaired) electrons. The van der Waals surface area contributed by atoms with E-state index in [1.807, 2.05) is 4.57 Å². The Morgan fingerprint density at radius 2 is 2.22 bits per heavy atom. The Hall–Kier alpha value is -2.05. The Morgan fingerprint density at radius 1 is 1.48 bits per heavy atom. The van der Waals surface area contributed by atoms with Gasteiger partial charge < -0.3 is 20.4 Å². The molecule has 0 spiro atoms. The van der Waals surface area contributed by atoms with Crippen LogP contribution in [0.4, 0.5) is 5.69 Å². The molecule has 0 unspecified atom stereocenters. The van der Waals surface area contributed by atoms with Crippen molar-refractivity contribution in [2.24, 2.45) is 5.73 Å². The summed E-state index contributed by atoms with van der Waals surface area (Å²) in [5.74, 6) is -0.627. The third kappa shape index (κ3) is 2.92. The van der Waals surface area contributed by atoms with Gasteiger partial charge in [0.25, 0.3) is 0 Å². The number of hydrogen-bond acceptors (Lipinski definition) is 5. The molecule has 3 rings (SSSR count). The van der Waals surface area contributed by atoms with Crippen LogP contribution in [0, 0.1) is 0 Å². The van der Waals surface area contributed by atoms with E-state index in [0.717, 1.165) is 18.4 Å². The fourth-order valence-electron chi connectivity index (χ4n) is 2.62. The number of nitrogens with two attached hydrogens (primary N) is 1. The topological polar surface area (TPSA) is 86.3 Å². The van der Waals surface area contributed by atoms with Gasteiger partial charge in [-0.25, -0.2) is 4.79 Å². The molecule has 1 saturated carbocycles. The zero-order valence-corrected chi connectivity index (χ0v) is 13.5. The number of ether oxygens (including phenoxy) is 1. The van der Waals surface area contributed by atoms with E-state index in [1.165, 1.54) is 7.11 Å². The molecule has 0 saturated heterocycles. The molecule has 1 fully saturated rings. The van der Waals surface area contributed by atoms with Crippen molar-refractivity contribution >= 4 is 34.2 Å². The number of anilines is 1. The first kappa shape index (κ1) is 15.8. The Labute approximate surface area is 138 Å². The summed E-state index contributed by atoms with van der Waals surface area (Å²) >= 11 is 6.31. The minimum absolute atomic E-state index is 0.0407. The highest BCUT2D eigenvalue weighted by atomic mass is 35.5. The number of benzene rings is 1. The highest BCUT2D eigenvalue weighted by Crippen LogP contribution is 2.38. The number of pyridine rings is 1. The van der Waals surface area contributed by atoms with Gasteiger partial charge in [-0.05, 0) is 25.0 Å². The molecule has 1 aromatic carbocycles. The summed E-state index contributed by atoms with van der Waals surface area (Å²) in [5, 5.41) is 4.05. The summed E-state index contributed by atoms with van der Waals surface area (Å²) in [6.45, 7) is 0.988. The number of nitrogens with one attached hydrogen (secondary N) is 1. The molecule has 23 heavy (non-hydrogen) atoms. The van der Waals surface area contributed by atoms with Crippen molar-refractivity contribution in [3.63, 3.8) is 0 Å². The van der Waals surface area contributed by atoms with Gasteiger partial charge in [-0.3, -0.25) is 4.79 Å². The highest BCUT2D eigenvalue weighted by molar-refractivity contribution is 6.34. The minimum atomic E-state index is -0.627. The maximum atomic E-state index is 12.7. The van der Waals surface area contributed by atoms with Crippen molar-refractivity contribution in [2.45, 2.75) is 18.9 Å². The summed E-state index contributed by atoms with van der Waals surface area (Å²) in [4.78, 5) is 24.6. The highest BCUT2D eigenvalue weighted by Gasteiger charge is 2.27. The van der Waals surface area contributed by atoms with E-state index >= 15 is 0 Å². The molecule has 1 aromatic heterocycles. The van der Waals surface area contributed by atoms with E-state index in [0.29, 0.717) is 35.2 Å². The third-order valence-electron chi connectivity index (χ3n) is 3.93. The smallest absolute Gasteiger partial charge is 0.343 e. The van der Waals surface area contributed by atoms with Crippen molar-refractivity contribution in [1.82, 2.24) is 4.57 Å². The number of carbonyl (C=O) groups is 1. The second kappa shape index (κ2) is 6.22. The molecule has 0 bridgehead atoms. The van der Waals surface area contributed by atoms with E-state index in [-0.39, 0.29) is 11.0 Å². The summed E-state index contributed by atoms with van der Waals surface area (Å²) in [6.07, 6.45) is 3.62. The lowest BCUT2D eigenvalue weighted by molar-refractivity contribution is 0.0598. The quantitative estimate of drug-likeness (QED) is 0.818. The molecular weight excluding hydrogens is 318 g/mol. The zero-order chi connectivity index (χ0) is 16.6. The van der Waals surface area contributed by atoms with Crippen LogP contribution in [0.2, 0.25) is 5.02 Å². The lowest BCUT2D eigenvalue weighted by Crippen LogP contribution is -2.20. The van der Waals surface area contributed by atoms with Crippen LogP contribution in [0.1, 0.15) is 29.2 Å². The van der Waals surface area contributed by atoms with Gasteiger partial charge in [0.1, 0.15) is 5.56 Å². The maximum absolute atomic E-state index is 12.7. The number of rotatable bonds is 5. The number of aromatic nitrogens is 1. The number of halogens is 1. The number of esters is 1. The van der Waals surface area contributed by atoms with Crippen molar-refractivity contribution in [3.05, 3.63) is 39.1 Å². The van der Waals surface area contributed by atoms with Gasteiger partial charge in [-0.15, -0.1) is 0 Å². The molecule has 0 amide bonds. The largest absolute Gasteiger partial charge is 0.465 e. The molecular formula is C16H18ClN3O3. The average Bonchev–Trinajstić information content (AvgIpc) is 3.38. The van der Waals surface area contributed by atoms with Crippen LogP contribution in [0.3, 0.4) is 0 Å². The van der Waals surface area contributed by atoms with Crippen molar-refractivity contribution in [3.8, 4) is 0 Å². The predicted molar refractivity (Wildman–Crippen MR) is 90.4 cm³/mol. The molecule has 1 aliphatic carbocycles. The number of nitrogens with zero attached hydrogens (tertiary/aromatic N) is 1. The van der Waals surface area contributed by atoms with E-state index < -0.39 is 5.97 Å². The van der Waals surface area contributed by atoms with Gasteiger partial charge in [0.15, 0.2) is 0 Å². The molecule has 1 aliphatic rings. The Morgan fingerprint density at radius 3 is 2.83 bits per heavy atom. The Balaban J connectivity index is 2.25.